The molecular formula is C14H26N2S2. The van der Waals surface area contributed by atoms with Gasteiger partial charge in [-0.25, -0.2) is 0 Å². The van der Waals surface area contributed by atoms with E-state index in [-0.39, 0.29) is 6.04 Å². The molecular weight excluding hydrogens is 260 g/mol. The average Bonchev–Trinajstić information content (AvgIpc) is 2.75. The molecule has 0 spiro atoms. The van der Waals surface area contributed by atoms with Crippen molar-refractivity contribution in [2.45, 2.75) is 39.0 Å². The number of thioether (sulfide) groups is 1. The minimum atomic E-state index is 0.213. The standard InChI is InChI=1S/C14H26N2S2/c1-5-16(6-2)9-10-17-14(12(4)15)13-8-7-11(3)18-13/h7-8,12,14H,5-6,9-10,15H2,1-4H3. The zero-order valence-electron chi connectivity index (χ0n) is 12.0. The van der Waals surface area contributed by atoms with Crippen LogP contribution < -0.4 is 5.73 Å². The second-order valence-corrected chi connectivity index (χ2v) is 7.19. The number of hydrogen-bond acceptors (Lipinski definition) is 4. The third kappa shape index (κ3) is 4.92. The molecule has 0 aliphatic rings. The molecule has 104 valence electrons. The molecule has 0 aliphatic heterocycles. The lowest BCUT2D eigenvalue weighted by atomic mass is 10.2. The number of nitrogens with zero attached hydrogens (tertiary/aromatic N) is 1. The van der Waals surface area contributed by atoms with Crippen molar-refractivity contribution in [1.82, 2.24) is 4.90 Å². The van der Waals surface area contributed by atoms with Gasteiger partial charge in [0.05, 0.1) is 5.25 Å². The van der Waals surface area contributed by atoms with Gasteiger partial charge in [-0.2, -0.15) is 0 Å². The Morgan fingerprint density at radius 3 is 2.44 bits per heavy atom. The SMILES string of the molecule is CCN(CC)CCSC(c1ccc(C)s1)C(C)N. The van der Waals surface area contributed by atoms with Gasteiger partial charge in [0, 0.05) is 28.1 Å². The molecule has 2 atom stereocenters. The van der Waals surface area contributed by atoms with Crippen LogP contribution in [0.4, 0.5) is 0 Å². The first-order valence-corrected chi connectivity index (χ1v) is 8.60. The molecule has 0 saturated heterocycles. The quantitative estimate of drug-likeness (QED) is 0.793. The molecule has 1 rings (SSSR count). The van der Waals surface area contributed by atoms with Crippen LogP contribution in [0.3, 0.4) is 0 Å². The summed E-state index contributed by atoms with van der Waals surface area (Å²) in [6.45, 7) is 12.2. The molecule has 0 saturated carbocycles. The van der Waals surface area contributed by atoms with Crippen molar-refractivity contribution < 1.29 is 0 Å². The fraction of sp³-hybridized carbons (Fsp3) is 0.714. The Labute approximate surface area is 120 Å². The largest absolute Gasteiger partial charge is 0.327 e. The van der Waals surface area contributed by atoms with Gasteiger partial charge in [0.1, 0.15) is 0 Å². The van der Waals surface area contributed by atoms with E-state index in [2.05, 4.69) is 44.7 Å². The predicted molar refractivity (Wildman–Crippen MR) is 85.7 cm³/mol. The maximum absolute atomic E-state index is 6.13. The van der Waals surface area contributed by atoms with Crippen molar-refractivity contribution in [2.75, 3.05) is 25.4 Å². The number of thiophene rings is 1. The van der Waals surface area contributed by atoms with Gasteiger partial charge in [-0.05, 0) is 39.1 Å². The van der Waals surface area contributed by atoms with Crippen molar-refractivity contribution >= 4 is 23.1 Å². The number of hydrogen-bond donors (Lipinski definition) is 1. The summed E-state index contributed by atoms with van der Waals surface area (Å²) in [6.07, 6.45) is 0. The molecule has 0 fully saturated rings. The summed E-state index contributed by atoms with van der Waals surface area (Å²) in [5.74, 6) is 1.16. The van der Waals surface area contributed by atoms with E-state index < -0.39 is 0 Å². The smallest absolute Gasteiger partial charge is 0.0540 e. The van der Waals surface area contributed by atoms with Gasteiger partial charge in [0.25, 0.3) is 0 Å². The summed E-state index contributed by atoms with van der Waals surface area (Å²) in [4.78, 5) is 5.26. The van der Waals surface area contributed by atoms with Crippen LogP contribution in [0.2, 0.25) is 0 Å². The maximum atomic E-state index is 6.13. The van der Waals surface area contributed by atoms with Gasteiger partial charge in [-0.3, -0.25) is 0 Å². The molecule has 1 aromatic rings. The normalized spacial score (nSPS) is 15.0. The van der Waals surface area contributed by atoms with Gasteiger partial charge in [0.2, 0.25) is 0 Å². The van der Waals surface area contributed by atoms with Gasteiger partial charge < -0.3 is 10.6 Å². The fourth-order valence-electron chi connectivity index (χ4n) is 1.95. The molecule has 1 aromatic heterocycles. The molecule has 2 unspecified atom stereocenters. The summed E-state index contributed by atoms with van der Waals surface area (Å²) in [7, 11) is 0. The lowest BCUT2D eigenvalue weighted by Crippen LogP contribution is -2.27. The van der Waals surface area contributed by atoms with E-state index in [4.69, 9.17) is 5.73 Å². The van der Waals surface area contributed by atoms with E-state index in [1.807, 2.05) is 23.1 Å². The van der Waals surface area contributed by atoms with E-state index >= 15 is 0 Å². The summed E-state index contributed by atoms with van der Waals surface area (Å²) in [5, 5.41) is 0.444. The highest BCUT2D eigenvalue weighted by Gasteiger charge is 2.18. The maximum Gasteiger partial charge on any atom is 0.0540 e. The van der Waals surface area contributed by atoms with Gasteiger partial charge in [-0.15, -0.1) is 23.1 Å². The number of nitrogens with two attached hydrogens (primary N) is 1. The van der Waals surface area contributed by atoms with Crippen molar-refractivity contribution in [2.24, 2.45) is 5.73 Å². The van der Waals surface area contributed by atoms with Crippen molar-refractivity contribution in [3.8, 4) is 0 Å². The number of aryl methyl sites for hydroxylation is 1. The van der Waals surface area contributed by atoms with Crippen LogP contribution >= 0.6 is 23.1 Å². The monoisotopic (exact) mass is 286 g/mol. The van der Waals surface area contributed by atoms with E-state index in [9.17, 15) is 0 Å². The van der Waals surface area contributed by atoms with E-state index in [0.717, 1.165) is 25.4 Å². The van der Waals surface area contributed by atoms with Crippen LogP contribution in [0.25, 0.3) is 0 Å². The minimum absolute atomic E-state index is 0.213. The molecule has 0 radical (unpaired) electrons. The summed E-state index contributed by atoms with van der Waals surface area (Å²) in [6, 6.07) is 4.64. The highest BCUT2D eigenvalue weighted by Crippen LogP contribution is 2.35. The predicted octanol–water partition coefficient (Wildman–Crippen LogP) is 3.52. The molecule has 4 heteroatoms. The first kappa shape index (κ1) is 16.0. The molecule has 0 aliphatic carbocycles. The zero-order chi connectivity index (χ0) is 13.5. The zero-order valence-corrected chi connectivity index (χ0v) is 13.6. The third-order valence-electron chi connectivity index (χ3n) is 3.12. The molecule has 2 nitrogen and oxygen atoms in total. The lowest BCUT2D eigenvalue weighted by molar-refractivity contribution is 0.323. The fourth-order valence-corrected chi connectivity index (χ4v) is 4.44. The van der Waals surface area contributed by atoms with Gasteiger partial charge in [0.15, 0.2) is 0 Å². The molecule has 0 amide bonds. The lowest BCUT2D eigenvalue weighted by Gasteiger charge is -2.22. The van der Waals surface area contributed by atoms with Crippen LogP contribution in [0.15, 0.2) is 12.1 Å². The van der Waals surface area contributed by atoms with Crippen LogP contribution in [-0.4, -0.2) is 36.3 Å². The molecule has 1 heterocycles. The summed E-state index contributed by atoms with van der Waals surface area (Å²) in [5.41, 5.74) is 6.13. The molecule has 2 N–H and O–H groups in total. The number of rotatable bonds is 8. The average molecular weight is 287 g/mol. The Morgan fingerprint density at radius 1 is 1.33 bits per heavy atom. The second-order valence-electron chi connectivity index (χ2n) is 4.63. The first-order chi connectivity index (χ1) is 8.58. The third-order valence-corrected chi connectivity index (χ3v) is 5.81. The Morgan fingerprint density at radius 2 is 2.00 bits per heavy atom. The van der Waals surface area contributed by atoms with E-state index in [0.29, 0.717) is 5.25 Å². The van der Waals surface area contributed by atoms with E-state index in [1.54, 1.807) is 0 Å². The van der Waals surface area contributed by atoms with Crippen molar-refractivity contribution in [1.29, 1.82) is 0 Å². The van der Waals surface area contributed by atoms with Crippen molar-refractivity contribution in [3.05, 3.63) is 21.9 Å². The van der Waals surface area contributed by atoms with Gasteiger partial charge in [-0.1, -0.05) is 13.8 Å². The van der Waals surface area contributed by atoms with Gasteiger partial charge >= 0.3 is 0 Å². The van der Waals surface area contributed by atoms with Crippen LogP contribution in [-0.2, 0) is 0 Å². The minimum Gasteiger partial charge on any atom is -0.327 e. The Kier molecular flexibility index (Phi) is 7.30. The van der Waals surface area contributed by atoms with Crippen LogP contribution in [0.1, 0.15) is 35.8 Å². The first-order valence-electron chi connectivity index (χ1n) is 6.74. The Bertz CT molecular complexity index is 332. The highest BCUT2D eigenvalue weighted by atomic mass is 32.2. The molecule has 0 aromatic carbocycles. The topological polar surface area (TPSA) is 29.3 Å². The van der Waals surface area contributed by atoms with Crippen LogP contribution in [0, 0.1) is 6.92 Å². The van der Waals surface area contributed by atoms with E-state index in [1.165, 1.54) is 9.75 Å². The summed E-state index contributed by atoms with van der Waals surface area (Å²) < 4.78 is 0. The Balaban J connectivity index is 2.49. The second kappa shape index (κ2) is 8.20. The Hall–Kier alpha value is -0.0300. The highest BCUT2D eigenvalue weighted by molar-refractivity contribution is 7.99. The summed E-state index contributed by atoms with van der Waals surface area (Å²) >= 11 is 3.88. The van der Waals surface area contributed by atoms with Crippen molar-refractivity contribution in [3.63, 3.8) is 0 Å². The molecule has 18 heavy (non-hydrogen) atoms. The van der Waals surface area contributed by atoms with Crippen LogP contribution in [0.5, 0.6) is 0 Å². The molecule has 0 bridgehead atoms.